The van der Waals surface area contributed by atoms with Gasteiger partial charge >= 0.3 is 5.97 Å². The van der Waals surface area contributed by atoms with Crippen molar-refractivity contribution in [1.29, 1.82) is 0 Å². The maximum Gasteiger partial charge on any atom is 0.302 e. The highest BCUT2D eigenvalue weighted by Gasteiger charge is 2.35. The van der Waals surface area contributed by atoms with Crippen LogP contribution in [0.15, 0.2) is 0 Å². The van der Waals surface area contributed by atoms with Crippen LogP contribution in [0.5, 0.6) is 0 Å². The molecule has 2 heteroatoms. The lowest BCUT2D eigenvalue weighted by Crippen LogP contribution is -2.26. The van der Waals surface area contributed by atoms with Crippen molar-refractivity contribution in [3.05, 3.63) is 0 Å². The fourth-order valence-electron chi connectivity index (χ4n) is 2.40. The van der Waals surface area contributed by atoms with Crippen molar-refractivity contribution in [3.8, 4) is 0 Å². The van der Waals surface area contributed by atoms with Gasteiger partial charge in [-0.05, 0) is 37.5 Å². The second-order valence-electron chi connectivity index (χ2n) is 3.99. The van der Waals surface area contributed by atoms with Crippen LogP contribution in [0.25, 0.3) is 0 Å². The Hall–Kier alpha value is -0.530. The number of rotatable bonds is 3. The number of carbonyl (C=O) groups is 1. The maximum atomic E-state index is 10.9. The molecule has 0 aromatic rings. The standard InChI is InChI=1S/C11H20O2/c1-4-9-6-7-10(5-2)11(9)13-8(3)12/h9-11H,4-7H2,1-3H3/t9-,10-/m1/s1. The van der Waals surface area contributed by atoms with E-state index in [2.05, 4.69) is 13.8 Å². The SMILES string of the molecule is CC[C@@H]1CC[C@@H](CC)C1OC(C)=O. The first-order chi connectivity index (χ1) is 6.19. The molecule has 1 aliphatic rings. The van der Waals surface area contributed by atoms with Crippen LogP contribution >= 0.6 is 0 Å². The molecule has 0 unspecified atom stereocenters. The van der Waals surface area contributed by atoms with E-state index in [9.17, 15) is 4.79 Å². The van der Waals surface area contributed by atoms with Crippen LogP contribution in [0.2, 0.25) is 0 Å². The van der Waals surface area contributed by atoms with Crippen molar-refractivity contribution in [2.24, 2.45) is 11.8 Å². The molecule has 0 aromatic heterocycles. The lowest BCUT2D eigenvalue weighted by molar-refractivity contribution is -0.150. The minimum atomic E-state index is -0.121. The topological polar surface area (TPSA) is 26.3 Å². The molecular weight excluding hydrogens is 164 g/mol. The van der Waals surface area contributed by atoms with E-state index < -0.39 is 0 Å². The van der Waals surface area contributed by atoms with E-state index in [0.29, 0.717) is 11.8 Å². The Morgan fingerprint density at radius 2 is 1.69 bits per heavy atom. The molecule has 1 rings (SSSR count). The summed E-state index contributed by atoms with van der Waals surface area (Å²) < 4.78 is 5.38. The highest BCUT2D eigenvalue weighted by molar-refractivity contribution is 5.66. The summed E-state index contributed by atoms with van der Waals surface area (Å²) in [6.07, 6.45) is 4.93. The largest absolute Gasteiger partial charge is 0.462 e. The third kappa shape index (κ3) is 2.45. The van der Waals surface area contributed by atoms with Crippen LogP contribution in [0.1, 0.15) is 46.5 Å². The van der Waals surface area contributed by atoms with E-state index in [1.807, 2.05) is 0 Å². The van der Waals surface area contributed by atoms with Gasteiger partial charge in [0.15, 0.2) is 0 Å². The fraction of sp³-hybridized carbons (Fsp3) is 0.909. The zero-order chi connectivity index (χ0) is 9.84. The fourth-order valence-corrected chi connectivity index (χ4v) is 2.40. The van der Waals surface area contributed by atoms with Crippen LogP contribution in [0.4, 0.5) is 0 Å². The van der Waals surface area contributed by atoms with Gasteiger partial charge in [-0.2, -0.15) is 0 Å². The number of hydrogen-bond donors (Lipinski definition) is 0. The van der Waals surface area contributed by atoms with E-state index in [-0.39, 0.29) is 12.1 Å². The van der Waals surface area contributed by atoms with Gasteiger partial charge in [0.2, 0.25) is 0 Å². The summed E-state index contributed by atoms with van der Waals surface area (Å²) in [5.41, 5.74) is 0. The van der Waals surface area contributed by atoms with Gasteiger partial charge in [0.1, 0.15) is 6.10 Å². The van der Waals surface area contributed by atoms with Crippen molar-refractivity contribution in [2.45, 2.75) is 52.6 Å². The Labute approximate surface area is 80.7 Å². The molecule has 76 valence electrons. The van der Waals surface area contributed by atoms with Gasteiger partial charge in [0, 0.05) is 6.92 Å². The molecule has 0 bridgehead atoms. The number of esters is 1. The molecule has 0 amide bonds. The molecule has 0 saturated heterocycles. The molecule has 0 radical (unpaired) electrons. The van der Waals surface area contributed by atoms with Crippen molar-refractivity contribution >= 4 is 5.97 Å². The van der Waals surface area contributed by atoms with E-state index in [1.165, 1.54) is 19.8 Å². The first-order valence-electron chi connectivity index (χ1n) is 5.36. The lowest BCUT2D eigenvalue weighted by Gasteiger charge is -2.22. The summed E-state index contributed by atoms with van der Waals surface area (Å²) in [4.78, 5) is 10.9. The van der Waals surface area contributed by atoms with Crippen LogP contribution in [-0.2, 0) is 9.53 Å². The van der Waals surface area contributed by atoms with Crippen molar-refractivity contribution in [2.75, 3.05) is 0 Å². The molecule has 13 heavy (non-hydrogen) atoms. The zero-order valence-corrected chi connectivity index (χ0v) is 8.88. The highest BCUT2D eigenvalue weighted by Crippen LogP contribution is 2.37. The van der Waals surface area contributed by atoms with E-state index >= 15 is 0 Å². The Bertz CT molecular complexity index is 165. The maximum absolute atomic E-state index is 10.9. The third-order valence-corrected chi connectivity index (χ3v) is 3.19. The molecule has 0 aromatic carbocycles. The smallest absolute Gasteiger partial charge is 0.302 e. The minimum Gasteiger partial charge on any atom is -0.462 e. The zero-order valence-electron chi connectivity index (χ0n) is 8.88. The van der Waals surface area contributed by atoms with Gasteiger partial charge in [-0.25, -0.2) is 0 Å². The van der Waals surface area contributed by atoms with E-state index in [4.69, 9.17) is 4.74 Å². The van der Waals surface area contributed by atoms with Gasteiger partial charge in [-0.1, -0.05) is 13.8 Å². The molecule has 1 fully saturated rings. The molecular formula is C11H20O2. The van der Waals surface area contributed by atoms with Gasteiger partial charge in [0.05, 0.1) is 0 Å². The summed E-state index contributed by atoms with van der Waals surface area (Å²) in [6, 6.07) is 0. The first kappa shape index (κ1) is 10.6. The monoisotopic (exact) mass is 184 g/mol. The second-order valence-corrected chi connectivity index (χ2v) is 3.99. The molecule has 1 aliphatic carbocycles. The van der Waals surface area contributed by atoms with Crippen molar-refractivity contribution in [1.82, 2.24) is 0 Å². The molecule has 2 nitrogen and oxygen atoms in total. The Morgan fingerprint density at radius 1 is 1.23 bits per heavy atom. The number of carbonyl (C=O) groups excluding carboxylic acids is 1. The Kier molecular flexibility index (Phi) is 3.76. The quantitative estimate of drug-likeness (QED) is 0.630. The molecule has 1 saturated carbocycles. The number of ether oxygens (including phenoxy) is 1. The number of hydrogen-bond acceptors (Lipinski definition) is 2. The van der Waals surface area contributed by atoms with Crippen LogP contribution < -0.4 is 0 Å². The average Bonchev–Trinajstić information content (AvgIpc) is 2.46. The van der Waals surface area contributed by atoms with Crippen LogP contribution in [-0.4, -0.2) is 12.1 Å². The van der Waals surface area contributed by atoms with Gasteiger partial charge in [-0.3, -0.25) is 4.79 Å². The summed E-state index contributed by atoms with van der Waals surface area (Å²) in [7, 11) is 0. The average molecular weight is 184 g/mol. The Morgan fingerprint density at radius 3 is 2.00 bits per heavy atom. The van der Waals surface area contributed by atoms with Gasteiger partial charge in [-0.15, -0.1) is 0 Å². The van der Waals surface area contributed by atoms with Gasteiger partial charge < -0.3 is 4.74 Å². The van der Waals surface area contributed by atoms with E-state index in [1.54, 1.807) is 0 Å². The lowest BCUT2D eigenvalue weighted by atomic mass is 9.97. The first-order valence-corrected chi connectivity index (χ1v) is 5.36. The van der Waals surface area contributed by atoms with Crippen molar-refractivity contribution < 1.29 is 9.53 Å². The summed E-state index contributed by atoms with van der Waals surface area (Å²) in [5, 5.41) is 0. The molecule has 0 N–H and O–H groups in total. The Balaban J connectivity index is 2.56. The van der Waals surface area contributed by atoms with Gasteiger partial charge in [0.25, 0.3) is 0 Å². The highest BCUT2D eigenvalue weighted by atomic mass is 16.5. The molecule has 0 spiro atoms. The summed E-state index contributed by atoms with van der Waals surface area (Å²) >= 11 is 0. The molecule has 0 heterocycles. The second kappa shape index (κ2) is 4.64. The van der Waals surface area contributed by atoms with Crippen LogP contribution in [0.3, 0.4) is 0 Å². The van der Waals surface area contributed by atoms with Crippen molar-refractivity contribution in [3.63, 3.8) is 0 Å². The minimum absolute atomic E-state index is 0.121. The normalized spacial score (nSPS) is 29.2. The summed E-state index contributed by atoms with van der Waals surface area (Å²) in [6.45, 7) is 5.87. The van der Waals surface area contributed by atoms with Crippen LogP contribution in [0, 0.1) is 11.8 Å². The summed E-state index contributed by atoms with van der Waals surface area (Å²) in [5.74, 6) is 1.09. The molecule has 2 atom stereocenters. The van der Waals surface area contributed by atoms with E-state index in [0.717, 1.165) is 12.8 Å². The molecule has 0 aliphatic heterocycles. The predicted molar refractivity (Wildman–Crippen MR) is 52.4 cm³/mol. The third-order valence-electron chi connectivity index (χ3n) is 3.19. The predicted octanol–water partition coefficient (Wildman–Crippen LogP) is 2.76.